The minimum atomic E-state index is 0.576. The average Bonchev–Trinajstić information content (AvgIpc) is 2.88. The lowest BCUT2D eigenvalue weighted by atomic mass is 9.87. The van der Waals surface area contributed by atoms with Crippen molar-refractivity contribution in [3.05, 3.63) is 34.9 Å². The van der Waals surface area contributed by atoms with Crippen LogP contribution in [0, 0.1) is 19.8 Å². The first-order valence-corrected chi connectivity index (χ1v) is 7.53. The quantitative estimate of drug-likeness (QED) is 0.803. The summed E-state index contributed by atoms with van der Waals surface area (Å²) in [6, 6.07) is 7.35. The Morgan fingerprint density at radius 3 is 2.61 bits per heavy atom. The summed E-state index contributed by atoms with van der Waals surface area (Å²) in [5, 5.41) is 3.80. The highest BCUT2D eigenvalue weighted by Gasteiger charge is 2.26. The van der Waals surface area contributed by atoms with E-state index in [0.717, 1.165) is 12.5 Å². The van der Waals surface area contributed by atoms with Gasteiger partial charge < -0.3 is 5.32 Å². The van der Waals surface area contributed by atoms with E-state index in [0.29, 0.717) is 6.04 Å². The van der Waals surface area contributed by atoms with Crippen molar-refractivity contribution >= 4 is 0 Å². The van der Waals surface area contributed by atoms with Crippen molar-refractivity contribution in [1.29, 1.82) is 0 Å². The van der Waals surface area contributed by atoms with Crippen LogP contribution in [-0.4, -0.2) is 6.54 Å². The summed E-state index contributed by atoms with van der Waals surface area (Å²) in [6.45, 7) is 7.89. The van der Waals surface area contributed by atoms with Crippen molar-refractivity contribution in [2.75, 3.05) is 6.54 Å². The Labute approximate surface area is 112 Å². The Balaban J connectivity index is 2.23. The predicted molar refractivity (Wildman–Crippen MR) is 78.9 cm³/mol. The largest absolute Gasteiger partial charge is 0.310 e. The normalized spacial score (nSPS) is 18.2. The molecule has 1 heteroatoms. The fourth-order valence-corrected chi connectivity index (χ4v) is 3.23. The smallest absolute Gasteiger partial charge is 0.0351 e. The summed E-state index contributed by atoms with van der Waals surface area (Å²) in [6.07, 6.45) is 6.84. The van der Waals surface area contributed by atoms with Gasteiger partial charge in [-0.25, -0.2) is 0 Å². The van der Waals surface area contributed by atoms with Crippen LogP contribution in [0.2, 0.25) is 0 Å². The van der Waals surface area contributed by atoms with E-state index in [9.17, 15) is 0 Å². The van der Waals surface area contributed by atoms with E-state index < -0.39 is 0 Å². The SMILES string of the molecule is CCCNC(c1cccc(C)c1C)C1CCCC1. The summed E-state index contributed by atoms with van der Waals surface area (Å²) >= 11 is 0. The average molecular weight is 245 g/mol. The molecule has 1 saturated carbocycles. The first-order valence-electron chi connectivity index (χ1n) is 7.53. The molecule has 0 heterocycles. The number of hydrogen-bond acceptors (Lipinski definition) is 1. The highest BCUT2D eigenvalue weighted by molar-refractivity contribution is 5.35. The molecule has 1 fully saturated rings. The number of nitrogens with one attached hydrogen (secondary N) is 1. The molecule has 0 saturated heterocycles. The standard InChI is InChI=1S/C17H27N/c1-4-12-18-17(15-9-5-6-10-15)16-11-7-8-13(2)14(16)3/h7-8,11,15,17-18H,4-6,9-10,12H2,1-3H3. The van der Waals surface area contributed by atoms with Crippen molar-refractivity contribution in [2.24, 2.45) is 5.92 Å². The molecule has 0 aromatic heterocycles. The zero-order chi connectivity index (χ0) is 13.0. The van der Waals surface area contributed by atoms with Gasteiger partial charge in [0.1, 0.15) is 0 Å². The maximum absolute atomic E-state index is 3.80. The van der Waals surface area contributed by atoms with Crippen molar-refractivity contribution in [3.63, 3.8) is 0 Å². The Bertz CT molecular complexity index is 377. The Morgan fingerprint density at radius 1 is 1.22 bits per heavy atom. The van der Waals surface area contributed by atoms with Crippen LogP contribution in [0.25, 0.3) is 0 Å². The minimum absolute atomic E-state index is 0.576. The summed E-state index contributed by atoms with van der Waals surface area (Å²) < 4.78 is 0. The van der Waals surface area contributed by atoms with Crippen LogP contribution in [0.15, 0.2) is 18.2 Å². The van der Waals surface area contributed by atoms with Crippen molar-refractivity contribution in [1.82, 2.24) is 5.32 Å². The molecule has 1 nitrogen and oxygen atoms in total. The molecule has 100 valence electrons. The van der Waals surface area contributed by atoms with Gasteiger partial charge in [0.15, 0.2) is 0 Å². The molecule has 2 rings (SSSR count). The fourth-order valence-electron chi connectivity index (χ4n) is 3.23. The third-order valence-corrected chi connectivity index (χ3v) is 4.47. The van der Waals surface area contributed by atoms with E-state index >= 15 is 0 Å². The molecule has 1 aromatic carbocycles. The van der Waals surface area contributed by atoms with Gasteiger partial charge in [-0.05, 0) is 62.3 Å². The minimum Gasteiger partial charge on any atom is -0.310 e. The molecule has 1 aliphatic rings. The van der Waals surface area contributed by atoms with Crippen LogP contribution in [0.3, 0.4) is 0 Å². The molecule has 1 atom stereocenters. The molecule has 0 aliphatic heterocycles. The first kappa shape index (κ1) is 13.6. The van der Waals surface area contributed by atoms with Gasteiger partial charge in [0.2, 0.25) is 0 Å². The monoisotopic (exact) mass is 245 g/mol. The number of hydrogen-bond donors (Lipinski definition) is 1. The number of rotatable bonds is 5. The molecule has 18 heavy (non-hydrogen) atoms. The van der Waals surface area contributed by atoms with Gasteiger partial charge in [-0.3, -0.25) is 0 Å². The topological polar surface area (TPSA) is 12.0 Å². The van der Waals surface area contributed by atoms with Crippen LogP contribution >= 0.6 is 0 Å². The van der Waals surface area contributed by atoms with Crippen molar-refractivity contribution < 1.29 is 0 Å². The summed E-state index contributed by atoms with van der Waals surface area (Å²) in [5.74, 6) is 0.844. The fraction of sp³-hybridized carbons (Fsp3) is 0.647. The Morgan fingerprint density at radius 2 is 1.94 bits per heavy atom. The second kappa shape index (κ2) is 6.38. The van der Waals surface area contributed by atoms with E-state index in [-0.39, 0.29) is 0 Å². The van der Waals surface area contributed by atoms with Gasteiger partial charge in [0.05, 0.1) is 0 Å². The van der Waals surface area contributed by atoms with Crippen LogP contribution in [0.1, 0.15) is 61.8 Å². The van der Waals surface area contributed by atoms with E-state index in [1.54, 1.807) is 0 Å². The highest BCUT2D eigenvalue weighted by atomic mass is 14.9. The number of aryl methyl sites for hydroxylation is 1. The molecular weight excluding hydrogens is 218 g/mol. The Hall–Kier alpha value is -0.820. The summed E-state index contributed by atoms with van der Waals surface area (Å²) in [4.78, 5) is 0. The maximum Gasteiger partial charge on any atom is 0.0351 e. The second-order valence-electron chi connectivity index (χ2n) is 5.77. The van der Waals surface area contributed by atoms with Gasteiger partial charge >= 0.3 is 0 Å². The second-order valence-corrected chi connectivity index (χ2v) is 5.77. The summed E-state index contributed by atoms with van der Waals surface area (Å²) in [7, 11) is 0. The van der Waals surface area contributed by atoms with Crippen LogP contribution in [0.5, 0.6) is 0 Å². The van der Waals surface area contributed by atoms with E-state index in [2.05, 4.69) is 44.3 Å². The molecule has 1 aliphatic carbocycles. The van der Waals surface area contributed by atoms with Crippen LogP contribution < -0.4 is 5.32 Å². The van der Waals surface area contributed by atoms with Gasteiger partial charge in [-0.15, -0.1) is 0 Å². The van der Waals surface area contributed by atoms with E-state index in [1.807, 2.05) is 0 Å². The zero-order valence-electron chi connectivity index (χ0n) is 12.1. The van der Waals surface area contributed by atoms with E-state index in [4.69, 9.17) is 0 Å². The molecule has 0 radical (unpaired) electrons. The van der Waals surface area contributed by atoms with Gasteiger partial charge in [-0.1, -0.05) is 38.0 Å². The zero-order valence-corrected chi connectivity index (χ0v) is 12.1. The van der Waals surface area contributed by atoms with Gasteiger partial charge in [-0.2, -0.15) is 0 Å². The molecule has 1 aromatic rings. The van der Waals surface area contributed by atoms with Crippen LogP contribution in [-0.2, 0) is 0 Å². The van der Waals surface area contributed by atoms with Crippen molar-refractivity contribution in [2.45, 2.75) is 58.9 Å². The lowest BCUT2D eigenvalue weighted by molar-refractivity contribution is 0.367. The van der Waals surface area contributed by atoms with Crippen LogP contribution in [0.4, 0.5) is 0 Å². The first-order chi connectivity index (χ1) is 8.74. The van der Waals surface area contributed by atoms with Crippen molar-refractivity contribution in [3.8, 4) is 0 Å². The molecule has 1 unspecified atom stereocenters. The highest BCUT2D eigenvalue weighted by Crippen LogP contribution is 2.37. The lowest BCUT2D eigenvalue weighted by Crippen LogP contribution is -2.28. The Kier molecular flexibility index (Phi) is 4.82. The summed E-state index contributed by atoms with van der Waals surface area (Å²) in [5.41, 5.74) is 4.45. The molecular formula is C17H27N. The number of benzene rings is 1. The van der Waals surface area contributed by atoms with Gasteiger partial charge in [0, 0.05) is 6.04 Å². The molecule has 1 N–H and O–H groups in total. The predicted octanol–water partition coefficient (Wildman–Crippen LogP) is 4.53. The lowest BCUT2D eigenvalue weighted by Gasteiger charge is -2.27. The third kappa shape index (κ3) is 2.95. The third-order valence-electron chi connectivity index (χ3n) is 4.47. The molecule has 0 bridgehead atoms. The molecule has 0 amide bonds. The molecule has 0 spiro atoms. The van der Waals surface area contributed by atoms with E-state index in [1.165, 1.54) is 48.8 Å². The van der Waals surface area contributed by atoms with Gasteiger partial charge in [0.25, 0.3) is 0 Å². The maximum atomic E-state index is 3.80.